The maximum Gasteiger partial charge on any atom is 0.220 e. The standard InChI is InChI=1S/C16H25N3O/c1-19(2)15-5-3-4-14(10-15)12-18-16(20)7-6-13-8-9-17-11-13/h3-5,10,13,17H,6-9,11-12H2,1-2H3,(H,18,20). The van der Waals surface area contributed by atoms with Gasteiger partial charge in [0.05, 0.1) is 0 Å². The van der Waals surface area contributed by atoms with Gasteiger partial charge < -0.3 is 15.5 Å². The maximum absolute atomic E-state index is 11.8. The third-order valence-electron chi connectivity index (χ3n) is 3.86. The fraction of sp³-hybridized carbons (Fsp3) is 0.562. The van der Waals surface area contributed by atoms with E-state index in [0.717, 1.165) is 30.8 Å². The topological polar surface area (TPSA) is 44.4 Å². The van der Waals surface area contributed by atoms with Gasteiger partial charge in [-0.05, 0) is 49.5 Å². The Balaban J connectivity index is 1.73. The monoisotopic (exact) mass is 275 g/mol. The molecule has 0 saturated carbocycles. The number of carbonyl (C=O) groups excluding carboxylic acids is 1. The second-order valence-corrected chi connectivity index (χ2v) is 5.74. The summed E-state index contributed by atoms with van der Waals surface area (Å²) in [5.41, 5.74) is 2.31. The summed E-state index contributed by atoms with van der Waals surface area (Å²) in [4.78, 5) is 13.9. The Morgan fingerprint density at radius 1 is 1.45 bits per heavy atom. The van der Waals surface area contributed by atoms with Gasteiger partial charge >= 0.3 is 0 Å². The molecule has 1 aromatic carbocycles. The number of rotatable bonds is 6. The van der Waals surface area contributed by atoms with Crippen LogP contribution in [-0.2, 0) is 11.3 Å². The summed E-state index contributed by atoms with van der Waals surface area (Å²) in [6.07, 6.45) is 2.84. The summed E-state index contributed by atoms with van der Waals surface area (Å²) in [5, 5.41) is 6.35. The van der Waals surface area contributed by atoms with E-state index >= 15 is 0 Å². The average Bonchev–Trinajstić information content (AvgIpc) is 2.96. The van der Waals surface area contributed by atoms with E-state index in [9.17, 15) is 4.79 Å². The Morgan fingerprint density at radius 3 is 3.00 bits per heavy atom. The molecule has 2 N–H and O–H groups in total. The van der Waals surface area contributed by atoms with Crippen molar-refractivity contribution >= 4 is 11.6 Å². The zero-order valence-corrected chi connectivity index (χ0v) is 12.5. The quantitative estimate of drug-likeness (QED) is 0.831. The van der Waals surface area contributed by atoms with Crippen LogP contribution in [0.25, 0.3) is 0 Å². The molecule has 0 spiro atoms. The van der Waals surface area contributed by atoms with Crippen molar-refractivity contribution in [3.05, 3.63) is 29.8 Å². The Bertz CT molecular complexity index is 439. The minimum atomic E-state index is 0.159. The number of nitrogens with one attached hydrogen (secondary N) is 2. The van der Waals surface area contributed by atoms with E-state index in [1.165, 1.54) is 6.42 Å². The van der Waals surface area contributed by atoms with Gasteiger partial charge in [0.15, 0.2) is 0 Å². The first-order valence-corrected chi connectivity index (χ1v) is 7.39. The third-order valence-corrected chi connectivity index (χ3v) is 3.86. The zero-order valence-electron chi connectivity index (χ0n) is 12.5. The Morgan fingerprint density at radius 2 is 2.30 bits per heavy atom. The van der Waals surface area contributed by atoms with Crippen LogP contribution in [0, 0.1) is 5.92 Å². The van der Waals surface area contributed by atoms with E-state index in [0.29, 0.717) is 18.9 Å². The summed E-state index contributed by atoms with van der Waals surface area (Å²) < 4.78 is 0. The normalized spacial score (nSPS) is 18.0. The molecule has 2 rings (SSSR count). The predicted octanol–water partition coefficient (Wildman–Crippen LogP) is 1.76. The van der Waals surface area contributed by atoms with Crippen molar-refractivity contribution in [2.75, 3.05) is 32.1 Å². The Hall–Kier alpha value is -1.55. The fourth-order valence-electron chi connectivity index (χ4n) is 2.53. The molecule has 4 nitrogen and oxygen atoms in total. The molecule has 1 aliphatic heterocycles. The first-order chi connectivity index (χ1) is 9.65. The average molecular weight is 275 g/mol. The molecule has 1 saturated heterocycles. The molecule has 1 heterocycles. The van der Waals surface area contributed by atoms with Crippen LogP contribution < -0.4 is 15.5 Å². The van der Waals surface area contributed by atoms with E-state index in [2.05, 4.69) is 27.7 Å². The van der Waals surface area contributed by atoms with Gasteiger partial charge in [-0.2, -0.15) is 0 Å². The molecule has 0 aliphatic carbocycles. The highest BCUT2D eigenvalue weighted by Gasteiger charge is 2.15. The molecule has 0 aromatic heterocycles. The molecule has 1 unspecified atom stereocenters. The number of nitrogens with zero attached hydrogens (tertiary/aromatic N) is 1. The van der Waals surface area contributed by atoms with Crippen molar-refractivity contribution in [3.63, 3.8) is 0 Å². The van der Waals surface area contributed by atoms with Gasteiger partial charge in [0.2, 0.25) is 5.91 Å². The molecule has 1 aliphatic rings. The van der Waals surface area contributed by atoms with E-state index < -0.39 is 0 Å². The summed E-state index contributed by atoms with van der Waals surface area (Å²) in [6, 6.07) is 8.26. The number of hydrogen-bond donors (Lipinski definition) is 2. The summed E-state index contributed by atoms with van der Waals surface area (Å²) in [6.45, 7) is 2.78. The number of anilines is 1. The van der Waals surface area contributed by atoms with Crippen LogP contribution in [0.3, 0.4) is 0 Å². The largest absolute Gasteiger partial charge is 0.378 e. The third kappa shape index (κ3) is 4.53. The van der Waals surface area contributed by atoms with Crippen molar-refractivity contribution in [1.82, 2.24) is 10.6 Å². The molecule has 0 radical (unpaired) electrons. The second-order valence-electron chi connectivity index (χ2n) is 5.74. The van der Waals surface area contributed by atoms with Crippen LogP contribution in [0.5, 0.6) is 0 Å². The van der Waals surface area contributed by atoms with Crippen molar-refractivity contribution in [3.8, 4) is 0 Å². The smallest absolute Gasteiger partial charge is 0.220 e. The first-order valence-electron chi connectivity index (χ1n) is 7.39. The number of benzene rings is 1. The first kappa shape index (κ1) is 14.9. The molecule has 4 heteroatoms. The van der Waals surface area contributed by atoms with Gasteiger partial charge in [0, 0.05) is 32.7 Å². The molecule has 1 fully saturated rings. The summed E-state index contributed by atoms with van der Waals surface area (Å²) in [7, 11) is 4.04. The molecule has 1 aromatic rings. The van der Waals surface area contributed by atoms with Crippen LogP contribution in [0.4, 0.5) is 5.69 Å². The maximum atomic E-state index is 11.8. The second kappa shape index (κ2) is 7.29. The molecule has 110 valence electrons. The highest BCUT2D eigenvalue weighted by Crippen LogP contribution is 2.15. The lowest BCUT2D eigenvalue weighted by Crippen LogP contribution is -2.23. The van der Waals surface area contributed by atoms with Gasteiger partial charge in [0.1, 0.15) is 0 Å². The highest BCUT2D eigenvalue weighted by atomic mass is 16.1. The van der Waals surface area contributed by atoms with Crippen molar-refractivity contribution in [2.24, 2.45) is 5.92 Å². The minimum absolute atomic E-state index is 0.159. The minimum Gasteiger partial charge on any atom is -0.378 e. The lowest BCUT2D eigenvalue weighted by molar-refractivity contribution is -0.121. The lowest BCUT2D eigenvalue weighted by Gasteiger charge is -2.14. The fourth-order valence-corrected chi connectivity index (χ4v) is 2.53. The van der Waals surface area contributed by atoms with Crippen molar-refractivity contribution in [1.29, 1.82) is 0 Å². The number of hydrogen-bond acceptors (Lipinski definition) is 3. The SMILES string of the molecule is CN(C)c1cccc(CNC(=O)CCC2CCNC2)c1. The molecule has 1 amide bonds. The summed E-state index contributed by atoms with van der Waals surface area (Å²) >= 11 is 0. The molecule has 0 bridgehead atoms. The van der Waals surface area contributed by atoms with Gasteiger partial charge in [-0.3, -0.25) is 4.79 Å². The van der Waals surface area contributed by atoms with Crippen LogP contribution in [0.2, 0.25) is 0 Å². The van der Waals surface area contributed by atoms with E-state index in [1.807, 2.05) is 26.2 Å². The summed E-state index contributed by atoms with van der Waals surface area (Å²) in [5.74, 6) is 0.838. The predicted molar refractivity (Wildman–Crippen MR) is 82.8 cm³/mol. The van der Waals surface area contributed by atoms with E-state index in [1.54, 1.807) is 0 Å². The molecule has 20 heavy (non-hydrogen) atoms. The van der Waals surface area contributed by atoms with Gasteiger partial charge in [-0.25, -0.2) is 0 Å². The zero-order chi connectivity index (χ0) is 14.4. The van der Waals surface area contributed by atoms with E-state index in [-0.39, 0.29) is 5.91 Å². The van der Waals surface area contributed by atoms with Crippen LogP contribution >= 0.6 is 0 Å². The highest BCUT2D eigenvalue weighted by molar-refractivity contribution is 5.75. The van der Waals surface area contributed by atoms with Crippen molar-refractivity contribution in [2.45, 2.75) is 25.8 Å². The van der Waals surface area contributed by atoms with Crippen LogP contribution in [0.15, 0.2) is 24.3 Å². The molecular formula is C16H25N3O. The number of carbonyl (C=O) groups is 1. The Kier molecular flexibility index (Phi) is 5.41. The van der Waals surface area contributed by atoms with Gasteiger partial charge in [-0.1, -0.05) is 12.1 Å². The number of amides is 1. The van der Waals surface area contributed by atoms with Crippen molar-refractivity contribution < 1.29 is 4.79 Å². The van der Waals surface area contributed by atoms with Crippen LogP contribution in [0.1, 0.15) is 24.8 Å². The molecular weight excluding hydrogens is 250 g/mol. The lowest BCUT2D eigenvalue weighted by atomic mass is 10.0. The van der Waals surface area contributed by atoms with Gasteiger partial charge in [-0.15, -0.1) is 0 Å². The van der Waals surface area contributed by atoms with Crippen LogP contribution in [-0.4, -0.2) is 33.1 Å². The van der Waals surface area contributed by atoms with Gasteiger partial charge in [0.25, 0.3) is 0 Å². The van der Waals surface area contributed by atoms with E-state index in [4.69, 9.17) is 0 Å². The molecule has 1 atom stereocenters. The Labute approximate surface area is 121 Å².